The summed E-state index contributed by atoms with van der Waals surface area (Å²) in [6.45, 7) is 3.53. The maximum atomic E-state index is 14.4. The smallest absolute Gasteiger partial charge is 0.350 e. The average Bonchev–Trinajstić information content (AvgIpc) is 3.47. The van der Waals surface area contributed by atoms with E-state index >= 15 is 0 Å². The molecule has 8 heteroatoms. The number of carbonyl (C=O) groups is 2. The van der Waals surface area contributed by atoms with Crippen LogP contribution in [0.1, 0.15) is 38.7 Å². The molecule has 0 saturated carbocycles. The van der Waals surface area contributed by atoms with Gasteiger partial charge in [0, 0.05) is 40.9 Å². The maximum absolute atomic E-state index is 14.4. The van der Waals surface area contributed by atoms with Crippen molar-refractivity contribution in [3.05, 3.63) is 93.0 Å². The van der Waals surface area contributed by atoms with Gasteiger partial charge in [-0.25, -0.2) is 4.79 Å². The Bertz CT molecular complexity index is 1430. The maximum Gasteiger partial charge on any atom is 0.350 e. The molecule has 178 valence electrons. The molecule has 2 N–H and O–H groups in total. The Morgan fingerprint density at radius 2 is 1.89 bits per heavy atom. The summed E-state index contributed by atoms with van der Waals surface area (Å²) in [5.74, 6) is -1.05. The SMILES string of the molecule is Cc1ccc([C@@H]2C3CSCN3[C@]3(C(=O)Nc4ccccc43)[C@H]2C(=O)c2c(O)cc(C)oc2=O)cc1. The molecule has 0 aliphatic carbocycles. The molecular formula is C27H24N2O5S. The molecule has 1 spiro atoms. The highest BCUT2D eigenvalue weighted by molar-refractivity contribution is 7.99. The molecule has 1 unspecified atom stereocenters. The van der Waals surface area contributed by atoms with Crippen LogP contribution in [-0.2, 0) is 10.3 Å². The molecule has 4 atom stereocenters. The Morgan fingerprint density at radius 3 is 2.63 bits per heavy atom. The highest BCUT2D eigenvalue weighted by atomic mass is 32.2. The zero-order chi connectivity index (χ0) is 24.5. The number of fused-ring (bicyclic) bond motifs is 4. The molecular weight excluding hydrogens is 464 g/mol. The molecule has 6 rings (SSSR count). The molecule has 0 bridgehead atoms. The summed E-state index contributed by atoms with van der Waals surface area (Å²) in [4.78, 5) is 43.3. The Kier molecular flexibility index (Phi) is 4.95. The number of hydrogen-bond donors (Lipinski definition) is 2. The fourth-order valence-corrected chi connectivity index (χ4v) is 7.50. The van der Waals surface area contributed by atoms with Gasteiger partial charge in [-0.3, -0.25) is 14.5 Å². The number of para-hydroxylation sites is 1. The third-order valence-corrected chi connectivity index (χ3v) is 8.61. The van der Waals surface area contributed by atoms with Crippen LogP contribution in [0.4, 0.5) is 5.69 Å². The standard InChI is InChI=1S/C27H24N2O5S/c1-14-7-9-16(10-8-14)21-19-12-35-13-29(19)27(17-5-3-4-6-18(17)28-26(27)33)23(21)24(31)22-20(30)11-15(2)34-25(22)32/h3-11,19,21,23,30H,12-13H2,1-2H3,(H,28,33)/t19?,21-,23-,27+/m1/s1. The zero-order valence-electron chi connectivity index (χ0n) is 19.3. The van der Waals surface area contributed by atoms with Gasteiger partial charge in [0.05, 0.1) is 5.92 Å². The zero-order valence-corrected chi connectivity index (χ0v) is 20.1. The fraction of sp³-hybridized carbons (Fsp3) is 0.296. The summed E-state index contributed by atoms with van der Waals surface area (Å²) in [5, 5.41) is 13.7. The summed E-state index contributed by atoms with van der Waals surface area (Å²) in [6.07, 6.45) is 0. The monoisotopic (exact) mass is 488 g/mol. The number of nitrogens with zero attached hydrogens (tertiary/aromatic N) is 1. The van der Waals surface area contributed by atoms with Gasteiger partial charge in [0.15, 0.2) is 5.78 Å². The number of thioether (sulfide) groups is 1. The van der Waals surface area contributed by atoms with Gasteiger partial charge in [0.1, 0.15) is 22.6 Å². The van der Waals surface area contributed by atoms with Gasteiger partial charge in [0.25, 0.3) is 0 Å². The van der Waals surface area contributed by atoms with Gasteiger partial charge in [-0.1, -0.05) is 48.0 Å². The molecule has 35 heavy (non-hydrogen) atoms. The van der Waals surface area contributed by atoms with Crippen molar-refractivity contribution in [2.24, 2.45) is 5.92 Å². The number of hydrogen-bond acceptors (Lipinski definition) is 7. The second-order valence-corrected chi connectivity index (χ2v) is 10.5. The van der Waals surface area contributed by atoms with Gasteiger partial charge >= 0.3 is 5.63 Å². The van der Waals surface area contributed by atoms with Crippen molar-refractivity contribution in [1.82, 2.24) is 4.90 Å². The molecule has 2 saturated heterocycles. The van der Waals surface area contributed by atoms with Gasteiger partial charge in [-0.2, -0.15) is 0 Å². The largest absolute Gasteiger partial charge is 0.507 e. The van der Waals surface area contributed by atoms with Crippen LogP contribution in [0.5, 0.6) is 5.75 Å². The minimum absolute atomic E-state index is 0.104. The summed E-state index contributed by atoms with van der Waals surface area (Å²) in [5.41, 5.74) is 0.805. The van der Waals surface area contributed by atoms with Crippen molar-refractivity contribution >= 4 is 29.1 Å². The van der Waals surface area contributed by atoms with Crippen molar-refractivity contribution in [3.8, 4) is 5.75 Å². The van der Waals surface area contributed by atoms with E-state index in [4.69, 9.17) is 4.42 Å². The van der Waals surface area contributed by atoms with Crippen LogP contribution in [0.2, 0.25) is 0 Å². The second kappa shape index (κ2) is 7.83. The van der Waals surface area contributed by atoms with E-state index in [0.29, 0.717) is 11.6 Å². The van der Waals surface area contributed by atoms with E-state index in [1.807, 2.05) is 55.5 Å². The van der Waals surface area contributed by atoms with E-state index < -0.39 is 34.2 Å². The number of anilines is 1. The number of rotatable bonds is 3. The van der Waals surface area contributed by atoms with Crippen molar-refractivity contribution in [3.63, 3.8) is 0 Å². The average molecular weight is 489 g/mol. The third-order valence-electron chi connectivity index (χ3n) is 7.57. The van der Waals surface area contributed by atoms with Crippen LogP contribution in [0.15, 0.2) is 63.8 Å². The Labute approximate surface area is 206 Å². The van der Waals surface area contributed by atoms with Crippen LogP contribution in [0.3, 0.4) is 0 Å². The highest BCUT2D eigenvalue weighted by Gasteiger charge is 2.69. The van der Waals surface area contributed by atoms with Crippen molar-refractivity contribution in [1.29, 1.82) is 0 Å². The number of Topliss-reactive ketones (excluding diaryl/α,β-unsaturated/α-hetero) is 1. The molecule has 3 aromatic rings. The van der Waals surface area contributed by atoms with E-state index in [-0.39, 0.29) is 23.6 Å². The van der Waals surface area contributed by atoms with E-state index in [2.05, 4.69) is 10.2 Å². The number of aryl methyl sites for hydroxylation is 2. The molecule has 7 nitrogen and oxygen atoms in total. The molecule has 3 aliphatic heterocycles. The van der Waals surface area contributed by atoms with Crippen LogP contribution in [0.25, 0.3) is 0 Å². The number of nitrogens with one attached hydrogen (secondary N) is 1. The number of aromatic hydroxyl groups is 1. The summed E-state index contributed by atoms with van der Waals surface area (Å²) < 4.78 is 5.21. The normalized spacial score (nSPS) is 27.1. The summed E-state index contributed by atoms with van der Waals surface area (Å²) in [7, 11) is 0. The van der Waals surface area contributed by atoms with Crippen molar-refractivity contribution < 1.29 is 19.1 Å². The lowest BCUT2D eigenvalue weighted by molar-refractivity contribution is -0.127. The van der Waals surface area contributed by atoms with Gasteiger partial charge in [-0.05, 0) is 25.5 Å². The Morgan fingerprint density at radius 1 is 1.14 bits per heavy atom. The van der Waals surface area contributed by atoms with Gasteiger partial charge in [-0.15, -0.1) is 11.8 Å². The van der Waals surface area contributed by atoms with E-state index in [1.165, 1.54) is 13.0 Å². The van der Waals surface area contributed by atoms with E-state index in [0.717, 1.165) is 22.4 Å². The quantitative estimate of drug-likeness (QED) is 0.541. The van der Waals surface area contributed by atoms with Crippen LogP contribution in [-0.4, -0.2) is 39.4 Å². The second-order valence-electron chi connectivity index (χ2n) is 9.49. The van der Waals surface area contributed by atoms with E-state index in [1.54, 1.807) is 11.8 Å². The first-order chi connectivity index (χ1) is 16.8. The molecule has 2 fully saturated rings. The first kappa shape index (κ1) is 22.1. The molecule has 2 aromatic carbocycles. The molecule has 1 aromatic heterocycles. The summed E-state index contributed by atoms with van der Waals surface area (Å²) in [6, 6.07) is 16.6. The number of amides is 1. The summed E-state index contributed by atoms with van der Waals surface area (Å²) >= 11 is 1.73. The lowest BCUT2D eigenvalue weighted by atomic mass is 9.69. The lowest BCUT2D eigenvalue weighted by Crippen LogP contribution is -2.53. The fourth-order valence-electron chi connectivity index (χ4n) is 6.17. The minimum atomic E-state index is -1.30. The Hall–Kier alpha value is -3.36. The van der Waals surface area contributed by atoms with Crippen LogP contribution >= 0.6 is 11.8 Å². The van der Waals surface area contributed by atoms with E-state index in [9.17, 15) is 19.5 Å². The van der Waals surface area contributed by atoms with Gasteiger partial charge in [0.2, 0.25) is 5.91 Å². The topological polar surface area (TPSA) is 99.8 Å². The first-order valence-corrected chi connectivity index (χ1v) is 12.7. The first-order valence-electron chi connectivity index (χ1n) is 11.5. The highest BCUT2D eigenvalue weighted by Crippen LogP contribution is 2.61. The van der Waals surface area contributed by atoms with Crippen LogP contribution in [0, 0.1) is 19.8 Å². The van der Waals surface area contributed by atoms with Gasteiger partial charge < -0.3 is 14.8 Å². The van der Waals surface area contributed by atoms with Crippen molar-refractivity contribution in [2.75, 3.05) is 16.9 Å². The number of carbonyl (C=O) groups excluding carboxylic acids is 2. The number of benzene rings is 2. The molecule has 3 aliphatic rings. The van der Waals surface area contributed by atoms with Crippen LogP contribution < -0.4 is 10.9 Å². The lowest BCUT2D eigenvalue weighted by Gasteiger charge is -2.36. The predicted molar refractivity (Wildman–Crippen MR) is 133 cm³/mol. The predicted octanol–water partition coefficient (Wildman–Crippen LogP) is 3.78. The molecule has 0 radical (unpaired) electrons. The Balaban J connectivity index is 1.64. The minimum Gasteiger partial charge on any atom is -0.507 e. The number of ketones is 1. The molecule has 1 amide bonds. The molecule has 4 heterocycles. The van der Waals surface area contributed by atoms with Crippen molar-refractivity contribution in [2.45, 2.75) is 31.3 Å². The third kappa shape index (κ3) is 2.99.